The number of nitrogens with zero attached hydrogens (tertiary/aromatic N) is 2. The number of thiazole rings is 1. The van der Waals surface area contributed by atoms with Gasteiger partial charge in [-0.25, -0.2) is 4.98 Å². The Labute approximate surface area is 152 Å². The molecule has 0 N–H and O–H groups in total. The molecule has 4 rings (SSSR count). The minimum atomic E-state index is -0.176. The largest absolute Gasteiger partial charge is 0.487 e. The number of rotatable bonds is 5. The van der Waals surface area contributed by atoms with Gasteiger partial charge >= 0.3 is 0 Å². The van der Waals surface area contributed by atoms with Gasteiger partial charge in [-0.2, -0.15) is 0 Å². The van der Waals surface area contributed by atoms with E-state index in [0.717, 1.165) is 11.3 Å². The van der Waals surface area contributed by atoms with Crippen molar-refractivity contribution < 1.29 is 14.2 Å². The minimum Gasteiger partial charge on any atom is -0.487 e. The lowest BCUT2D eigenvalue weighted by Crippen LogP contribution is -2.19. The Hall–Kier alpha value is -2.51. The van der Waals surface area contributed by atoms with E-state index in [-0.39, 0.29) is 12.4 Å². The molecule has 6 nitrogen and oxygen atoms in total. The van der Waals surface area contributed by atoms with Gasteiger partial charge in [-0.1, -0.05) is 11.6 Å². The Kier molecular flexibility index (Phi) is 4.33. The molecular formula is C17H13ClN2O4S. The summed E-state index contributed by atoms with van der Waals surface area (Å²) in [6.07, 6.45) is 1.68. The minimum absolute atomic E-state index is 0.176. The first-order valence-electron chi connectivity index (χ1n) is 7.47. The molecule has 0 spiro atoms. The summed E-state index contributed by atoms with van der Waals surface area (Å²) in [5.41, 5.74) is 3.18. The smallest absolute Gasteiger partial charge is 0.254 e. The number of ether oxygens (including phenoxy) is 3. The van der Waals surface area contributed by atoms with Crippen molar-refractivity contribution in [2.75, 3.05) is 6.79 Å². The van der Waals surface area contributed by atoms with Gasteiger partial charge in [-0.3, -0.25) is 4.79 Å². The first-order valence-corrected chi connectivity index (χ1v) is 8.79. The number of pyridine rings is 1. The predicted molar refractivity (Wildman–Crippen MR) is 93.8 cm³/mol. The highest BCUT2D eigenvalue weighted by Crippen LogP contribution is 2.36. The molecule has 0 fully saturated rings. The number of halogens is 1. The highest BCUT2D eigenvalue weighted by Gasteiger charge is 2.17. The molecule has 0 radical (unpaired) electrons. The summed E-state index contributed by atoms with van der Waals surface area (Å²) < 4.78 is 17.8. The molecule has 1 aromatic carbocycles. The van der Waals surface area contributed by atoms with Gasteiger partial charge in [0.1, 0.15) is 12.4 Å². The van der Waals surface area contributed by atoms with E-state index in [2.05, 4.69) is 4.98 Å². The van der Waals surface area contributed by atoms with Crippen molar-refractivity contribution in [3.63, 3.8) is 0 Å². The van der Waals surface area contributed by atoms with E-state index in [1.807, 2.05) is 5.38 Å². The molecule has 3 heterocycles. The molecule has 25 heavy (non-hydrogen) atoms. The van der Waals surface area contributed by atoms with E-state index in [1.54, 1.807) is 34.5 Å². The molecular weight excluding hydrogens is 364 g/mol. The first-order chi connectivity index (χ1) is 12.2. The van der Waals surface area contributed by atoms with Gasteiger partial charge in [0.2, 0.25) is 6.79 Å². The lowest BCUT2D eigenvalue weighted by atomic mass is 10.2. The maximum absolute atomic E-state index is 12.3. The normalized spacial score (nSPS) is 12.4. The van der Waals surface area contributed by atoms with Crippen LogP contribution in [0.1, 0.15) is 11.3 Å². The third kappa shape index (κ3) is 3.47. The summed E-state index contributed by atoms with van der Waals surface area (Å²) in [6, 6.07) is 6.70. The van der Waals surface area contributed by atoms with Crippen molar-refractivity contribution in [2.45, 2.75) is 13.2 Å². The van der Waals surface area contributed by atoms with Crippen LogP contribution in [-0.2, 0) is 13.2 Å². The number of fused-ring (bicyclic) bond motifs is 1. The molecule has 0 aliphatic carbocycles. The SMILES string of the molecule is O=c1cc(OCc2cscn2)ccn1Cc1cc2c(cc1Cl)OCO2. The molecule has 128 valence electrons. The van der Waals surface area contributed by atoms with E-state index in [9.17, 15) is 4.79 Å². The Balaban J connectivity index is 1.51. The number of aromatic nitrogens is 2. The summed E-state index contributed by atoms with van der Waals surface area (Å²) in [6.45, 7) is 0.849. The van der Waals surface area contributed by atoms with Gasteiger partial charge in [-0.05, 0) is 17.7 Å². The maximum Gasteiger partial charge on any atom is 0.254 e. The maximum atomic E-state index is 12.3. The van der Waals surface area contributed by atoms with Crippen molar-refractivity contribution >= 4 is 22.9 Å². The second-order valence-electron chi connectivity index (χ2n) is 5.39. The van der Waals surface area contributed by atoms with Crippen molar-refractivity contribution in [3.05, 3.63) is 68.0 Å². The number of benzene rings is 1. The molecule has 0 saturated carbocycles. The second-order valence-corrected chi connectivity index (χ2v) is 6.52. The van der Waals surface area contributed by atoms with Crippen molar-refractivity contribution in [1.82, 2.24) is 9.55 Å². The summed E-state index contributed by atoms with van der Waals surface area (Å²) in [5.74, 6) is 1.76. The monoisotopic (exact) mass is 376 g/mol. The van der Waals surface area contributed by atoms with Gasteiger partial charge in [0.15, 0.2) is 11.5 Å². The van der Waals surface area contributed by atoms with E-state index in [4.69, 9.17) is 25.8 Å². The van der Waals surface area contributed by atoms with Crippen molar-refractivity contribution in [1.29, 1.82) is 0 Å². The van der Waals surface area contributed by atoms with Crippen molar-refractivity contribution in [2.24, 2.45) is 0 Å². The van der Waals surface area contributed by atoms with Gasteiger partial charge in [0.05, 0.1) is 17.7 Å². The zero-order chi connectivity index (χ0) is 17.2. The fourth-order valence-electron chi connectivity index (χ4n) is 2.44. The Morgan fingerprint density at radius 3 is 2.88 bits per heavy atom. The lowest BCUT2D eigenvalue weighted by Gasteiger charge is -2.10. The van der Waals surface area contributed by atoms with Gasteiger partial charge in [0, 0.05) is 28.7 Å². The van der Waals surface area contributed by atoms with E-state index < -0.39 is 0 Å². The number of hydrogen-bond donors (Lipinski definition) is 0. The van der Waals surface area contributed by atoms with Crippen LogP contribution in [0.25, 0.3) is 0 Å². The van der Waals surface area contributed by atoms with Crippen LogP contribution in [0.3, 0.4) is 0 Å². The zero-order valence-electron chi connectivity index (χ0n) is 13.0. The van der Waals surface area contributed by atoms with Crippen molar-refractivity contribution in [3.8, 4) is 17.2 Å². The van der Waals surface area contributed by atoms with E-state index >= 15 is 0 Å². The zero-order valence-corrected chi connectivity index (χ0v) is 14.5. The van der Waals surface area contributed by atoms with Gasteiger partial charge < -0.3 is 18.8 Å². The highest BCUT2D eigenvalue weighted by atomic mass is 35.5. The topological polar surface area (TPSA) is 62.6 Å². The molecule has 0 amide bonds. The Morgan fingerprint density at radius 1 is 1.28 bits per heavy atom. The van der Waals surface area contributed by atoms with Gasteiger partial charge in [0.25, 0.3) is 5.56 Å². The number of hydrogen-bond acceptors (Lipinski definition) is 6. The summed E-state index contributed by atoms with van der Waals surface area (Å²) >= 11 is 7.77. The predicted octanol–water partition coefficient (Wildman–Crippen LogP) is 3.31. The average Bonchev–Trinajstić information content (AvgIpc) is 3.26. The standard InChI is InChI=1S/C17H13ClN2O4S/c18-14-5-16-15(23-10-24-16)3-11(14)6-20-2-1-13(4-17(20)21)22-7-12-8-25-9-19-12/h1-5,8-9H,6-7,10H2. The van der Waals surface area contributed by atoms with Crippen LogP contribution in [0, 0.1) is 0 Å². The van der Waals surface area contributed by atoms with Gasteiger partial charge in [-0.15, -0.1) is 11.3 Å². The molecule has 8 heteroatoms. The van der Waals surface area contributed by atoms with Crippen LogP contribution in [0.2, 0.25) is 5.02 Å². The summed E-state index contributed by atoms with van der Waals surface area (Å²) in [5, 5.41) is 2.43. The second kappa shape index (κ2) is 6.78. The molecule has 0 unspecified atom stereocenters. The van der Waals surface area contributed by atoms with Crippen LogP contribution in [0.4, 0.5) is 0 Å². The molecule has 1 aliphatic rings. The average molecular weight is 377 g/mol. The van der Waals surface area contributed by atoms with E-state index in [1.165, 1.54) is 17.4 Å². The van der Waals surface area contributed by atoms with Crippen LogP contribution in [0.15, 0.2) is 46.1 Å². The summed E-state index contributed by atoms with van der Waals surface area (Å²) in [4.78, 5) is 16.5. The Morgan fingerprint density at radius 2 is 2.12 bits per heavy atom. The molecule has 1 aliphatic heterocycles. The first kappa shape index (κ1) is 16.0. The van der Waals surface area contributed by atoms with Crippen LogP contribution in [0.5, 0.6) is 17.2 Å². The fraction of sp³-hybridized carbons (Fsp3) is 0.176. The Bertz CT molecular complexity index is 956. The molecule has 0 atom stereocenters. The quantitative estimate of drug-likeness (QED) is 0.683. The molecule has 2 aromatic heterocycles. The molecule has 3 aromatic rings. The highest BCUT2D eigenvalue weighted by molar-refractivity contribution is 7.07. The van der Waals surface area contributed by atoms with Crippen LogP contribution < -0.4 is 19.8 Å². The molecule has 0 saturated heterocycles. The van der Waals surface area contributed by atoms with E-state index in [0.29, 0.717) is 35.4 Å². The lowest BCUT2D eigenvalue weighted by molar-refractivity contribution is 0.174. The third-order valence-corrected chi connectivity index (χ3v) is 4.71. The fourth-order valence-corrected chi connectivity index (χ4v) is 3.20. The van der Waals surface area contributed by atoms with Crippen LogP contribution in [-0.4, -0.2) is 16.3 Å². The summed E-state index contributed by atoms with van der Waals surface area (Å²) in [7, 11) is 0. The third-order valence-electron chi connectivity index (χ3n) is 3.72. The molecule has 0 bridgehead atoms. The van der Waals surface area contributed by atoms with Crippen LogP contribution >= 0.6 is 22.9 Å².